The lowest BCUT2D eigenvalue weighted by molar-refractivity contribution is 0.0644. The molecule has 0 saturated heterocycles. The molecule has 1 aromatic rings. The number of aliphatic hydroxyl groups is 1. The van der Waals surface area contributed by atoms with Crippen molar-refractivity contribution in [1.82, 2.24) is 4.98 Å². The first-order valence-electron chi connectivity index (χ1n) is 4.43. The summed E-state index contributed by atoms with van der Waals surface area (Å²) in [4.78, 5) is 4.18. The molecular formula is C10H15NO3. The van der Waals surface area contributed by atoms with E-state index in [0.29, 0.717) is 18.9 Å². The molecule has 0 aliphatic carbocycles. The summed E-state index contributed by atoms with van der Waals surface area (Å²) in [5.41, 5.74) is 0.800. The molecule has 0 bridgehead atoms. The highest BCUT2D eigenvalue weighted by Crippen LogP contribution is 2.08. The van der Waals surface area contributed by atoms with Gasteiger partial charge in [0, 0.05) is 25.3 Å². The SMILES string of the molecule is COCC(O)Cc1cccc(OC)n1. The zero-order valence-corrected chi connectivity index (χ0v) is 8.43. The van der Waals surface area contributed by atoms with Crippen molar-refractivity contribution in [2.75, 3.05) is 20.8 Å². The van der Waals surface area contributed by atoms with Crippen LogP contribution in [0.5, 0.6) is 5.88 Å². The molecule has 0 aromatic carbocycles. The standard InChI is InChI=1S/C10H15NO3/c1-13-7-9(12)6-8-4-3-5-10(11-8)14-2/h3-5,9,12H,6-7H2,1-2H3. The largest absolute Gasteiger partial charge is 0.481 e. The van der Waals surface area contributed by atoms with E-state index in [1.54, 1.807) is 20.3 Å². The van der Waals surface area contributed by atoms with Crippen molar-refractivity contribution >= 4 is 0 Å². The van der Waals surface area contributed by atoms with E-state index in [4.69, 9.17) is 9.47 Å². The van der Waals surface area contributed by atoms with Crippen molar-refractivity contribution < 1.29 is 14.6 Å². The molecule has 78 valence electrons. The van der Waals surface area contributed by atoms with Crippen LogP contribution >= 0.6 is 0 Å². The lowest BCUT2D eigenvalue weighted by atomic mass is 10.2. The number of methoxy groups -OCH3 is 2. The number of hydrogen-bond acceptors (Lipinski definition) is 4. The molecule has 0 saturated carbocycles. The summed E-state index contributed by atoms with van der Waals surface area (Å²) in [5.74, 6) is 0.562. The molecule has 0 fully saturated rings. The maximum Gasteiger partial charge on any atom is 0.213 e. The Morgan fingerprint density at radius 1 is 1.43 bits per heavy atom. The van der Waals surface area contributed by atoms with Crippen molar-refractivity contribution in [2.24, 2.45) is 0 Å². The van der Waals surface area contributed by atoms with Gasteiger partial charge in [-0.1, -0.05) is 6.07 Å². The fourth-order valence-electron chi connectivity index (χ4n) is 1.18. The summed E-state index contributed by atoms with van der Waals surface area (Å²) >= 11 is 0. The van der Waals surface area contributed by atoms with Crippen LogP contribution in [0.25, 0.3) is 0 Å². The molecule has 14 heavy (non-hydrogen) atoms. The maximum atomic E-state index is 9.46. The summed E-state index contributed by atoms with van der Waals surface area (Å²) in [7, 11) is 3.12. The van der Waals surface area contributed by atoms with Crippen LogP contribution in [0.1, 0.15) is 5.69 Å². The number of rotatable bonds is 5. The molecule has 1 rings (SSSR count). The van der Waals surface area contributed by atoms with Gasteiger partial charge in [-0.2, -0.15) is 0 Å². The van der Waals surface area contributed by atoms with Gasteiger partial charge in [-0.15, -0.1) is 0 Å². The third kappa shape index (κ3) is 3.32. The van der Waals surface area contributed by atoms with Gasteiger partial charge in [0.25, 0.3) is 0 Å². The van der Waals surface area contributed by atoms with Gasteiger partial charge in [0.15, 0.2) is 0 Å². The van der Waals surface area contributed by atoms with E-state index >= 15 is 0 Å². The highest BCUT2D eigenvalue weighted by molar-refractivity contribution is 5.16. The number of aliphatic hydroxyl groups excluding tert-OH is 1. The lowest BCUT2D eigenvalue weighted by Gasteiger charge is -2.09. The van der Waals surface area contributed by atoms with Gasteiger partial charge in [0.1, 0.15) is 0 Å². The lowest BCUT2D eigenvalue weighted by Crippen LogP contribution is -2.17. The third-order valence-corrected chi connectivity index (χ3v) is 1.79. The van der Waals surface area contributed by atoms with E-state index in [2.05, 4.69) is 4.98 Å². The Bertz CT molecular complexity index is 278. The van der Waals surface area contributed by atoms with Gasteiger partial charge < -0.3 is 14.6 Å². The predicted molar refractivity (Wildman–Crippen MR) is 52.4 cm³/mol. The fourth-order valence-corrected chi connectivity index (χ4v) is 1.18. The minimum Gasteiger partial charge on any atom is -0.481 e. The second-order valence-corrected chi connectivity index (χ2v) is 2.98. The third-order valence-electron chi connectivity index (χ3n) is 1.79. The predicted octanol–water partition coefficient (Wildman–Crippen LogP) is 0.640. The number of pyridine rings is 1. The second-order valence-electron chi connectivity index (χ2n) is 2.98. The Hall–Kier alpha value is -1.13. The van der Waals surface area contributed by atoms with Crippen LogP contribution in [0.15, 0.2) is 18.2 Å². The van der Waals surface area contributed by atoms with Crippen LogP contribution in [0.4, 0.5) is 0 Å². The van der Waals surface area contributed by atoms with E-state index in [0.717, 1.165) is 5.69 Å². The first-order chi connectivity index (χ1) is 6.76. The maximum absolute atomic E-state index is 9.46. The number of aromatic nitrogens is 1. The van der Waals surface area contributed by atoms with Crippen molar-refractivity contribution in [1.29, 1.82) is 0 Å². The van der Waals surface area contributed by atoms with E-state index in [-0.39, 0.29) is 0 Å². The molecule has 4 nitrogen and oxygen atoms in total. The Morgan fingerprint density at radius 3 is 2.86 bits per heavy atom. The number of hydrogen-bond donors (Lipinski definition) is 1. The van der Waals surface area contributed by atoms with E-state index in [1.807, 2.05) is 12.1 Å². The van der Waals surface area contributed by atoms with Crippen LogP contribution in [0.2, 0.25) is 0 Å². The van der Waals surface area contributed by atoms with Gasteiger partial charge in [0.2, 0.25) is 5.88 Å². The van der Waals surface area contributed by atoms with Crippen LogP contribution in [-0.2, 0) is 11.2 Å². The molecule has 1 unspecified atom stereocenters. The summed E-state index contributed by atoms with van der Waals surface area (Å²) in [5, 5.41) is 9.46. The van der Waals surface area contributed by atoms with Gasteiger partial charge >= 0.3 is 0 Å². The number of nitrogens with zero attached hydrogens (tertiary/aromatic N) is 1. The van der Waals surface area contributed by atoms with Crippen LogP contribution < -0.4 is 4.74 Å². The van der Waals surface area contributed by atoms with Gasteiger partial charge in [0.05, 0.1) is 19.8 Å². The minimum absolute atomic E-state index is 0.318. The van der Waals surface area contributed by atoms with Crippen molar-refractivity contribution in [2.45, 2.75) is 12.5 Å². The Labute approximate surface area is 83.5 Å². The topological polar surface area (TPSA) is 51.6 Å². The first-order valence-corrected chi connectivity index (χ1v) is 4.43. The molecule has 0 aliphatic rings. The molecule has 0 amide bonds. The Kier molecular flexibility index (Phi) is 4.35. The van der Waals surface area contributed by atoms with Gasteiger partial charge in [-0.05, 0) is 6.07 Å². The zero-order valence-electron chi connectivity index (χ0n) is 8.43. The van der Waals surface area contributed by atoms with Crippen molar-refractivity contribution in [3.05, 3.63) is 23.9 Å². The summed E-state index contributed by atoms with van der Waals surface area (Å²) < 4.78 is 9.80. The van der Waals surface area contributed by atoms with E-state index < -0.39 is 6.10 Å². The van der Waals surface area contributed by atoms with Gasteiger partial charge in [-0.25, -0.2) is 4.98 Å². The minimum atomic E-state index is -0.514. The normalized spacial score (nSPS) is 12.5. The Balaban J connectivity index is 2.57. The van der Waals surface area contributed by atoms with E-state index in [9.17, 15) is 5.11 Å². The summed E-state index contributed by atoms with van der Waals surface area (Å²) in [6.07, 6.45) is -0.0370. The highest BCUT2D eigenvalue weighted by Gasteiger charge is 2.06. The smallest absolute Gasteiger partial charge is 0.213 e. The highest BCUT2D eigenvalue weighted by atomic mass is 16.5. The Morgan fingerprint density at radius 2 is 2.21 bits per heavy atom. The van der Waals surface area contributed by atoms with E-state index in [1.165, 1.54) is 0 Å². The molecular weight excluding hydrogens is 182 g/mol. The molecule has 1 aromatic heterocycles. The fraction of sp³-hybridized carbons (Fsp3) is 0.500. The molecule has 1 N–H and O–H groups in total. The number of ether oxygens (including phenoxy) is 2. The second kappa shape index (κ2) is 5.57. The molecule has 4 heteroatoms. The zero-order chi connectivity index (χ0) is 10.4. The van der Waals surface area contributed by atoms with Crippen LogP contribution in [-0.4, -0.2) is 37.0 Å². The molecule has 0 radical (unpaired) electrons. The van der Waals surface area contributed by atoms with Gasteiger partial charge in [-0.3, -0.25) is 0 Å². The monoisotopic (exact) mass is 197 g/mol. The summed E-state index contributed by atoms with van der Waals surface area (Å²) in [6, 6.07) is 5.47. The summed E-state index contributed by atoms with van der Waals surface area (Å²) in [6.45, 7) is 0.318. The molecule has 1 heterocycles. The van der Waals surface area contributed by atoms with Crippen molar-refractivity contribution in [3.8, 4) is 5.88 Å². The molecule has 1 atom stereocenters. The van der Waals surface area contributed by atoms with Crippen LogP contribution in [0, 0.1) is 0 Å². The quantitative estimate of drug-likeness (QED) is 0.752. The molecule has 0 spiro atoms. The average molecular weight is 197 g/mol. The molecule has 0 aliphatic heterocycles. The van der Waals surface area contributed by atoms with Crippen molar-refractivity contribution in [3.63, 3.8) is 0 Å². The first kappa shape index (κ1) is 10.9. The average Bonchev–Trinajstić information content (AvgIpc) is 2.18. The van der Waals surface area contributed by atoms with Crippen LogP contribution in [0.3, 0.4) is 0 Å².